The standard InChI is InChI=1S/C34H70O/c1-4-7-10-13-15-17-18-19-21-22-25-28-31-33(30-27-24-12-9-6-3)34(35)32-29-26-23-20-16-14-11-8-5-2/h33-35H,4-32H2,1-3H3. The fourth-order valence-corrected chi connectivity index (χ4v) is 5.69. The van der Waals surface area contributed by atoms with E-state index in [1.807, 2.05) is 0 Å². The van der Waals surface area contributed by atoms with Gasteiger partial charge in [-0.15, -0.1) is 0 Å². The molecule has 0 radical (unpaired) electrons. The number of unbranched alkanes of at least 4 members (excludes halogenated alkanes) is 23. The fraction of sp³-hybridized carbons (Fsp3) is 1.00. The first-order valence-electron chi connectivity index (χ1n) is 16.9. The highest BCUT2D eigenvalue weighted by molar-refractivity contribution is 4.70. The Hall–Kier alpha value is -0.0400. The van der Waals surface area contributed by atoms with Crippen LogP contribution in [0.1, 0.15) is 207 Å². The lowest BCUT2D eigenvalue weighted by Crippen LogP contribution is -2.20. The average Bonchev–Trinajstić information content (AvgIpc) is 2.86. The van der Waals surface area contributed by atoms with Gasteiger partial charge in [0.1, 0.15) is 0 Å². The van der Waals surface area contributed by atoms with E-state index in [1.54, 1.807) is 0 Å². The zero-order chi connectivity index (χ0) is 25.7. The molecule has 2 atom stereocenters. The second-order valence-corrected chi connectivity index (χ2v) is 11.8. The molecule has 0 saturated carbocycles. The molecule has 0 fully saturated rings. The number of aliphatic hydroxyl groups excluding tert-OH is 1. The molecule has 0 aromatic heterocycles. The Morgan fingerprint density at radius 2 is 0.543 bits per heavy atom. The largest absolute Gasteiger partial charge is 0.393 e. The Bertz CT molecular complexity index is 366. The number of hydrogen-bond donors (Lipinski definition) is 1. The molecule has 0 aromatic rings. The van der Waals surface area contributed by atoms with E-state index in [0.29, 0.717) is 5.92 Å². The quantitative estimate of drug-likeness (QED) is 0.0984. The molecule has 0 bridgehead atoms. The van der Waals surface area contributed by atoms with Gasteiger partial charge in [-0.3, -0.25) is 0 Å². The molecule has 0 rings (SSSR count). The second-order valence-electron chi connectivity index (χ2n) is 11.8. The maximum absolute atomic E-state index is 11.0. The van der Waals surface area contributed by atoms with E-state index in [-0.39, 0.29) is 6.10 Å². The van der Waals surface area contributed by atoms with Gasteiger partial charge in [-0.25, -0.2) is 0 Å². The Balaban J connectivity index is 3.90. The lowest BCUT2D eigenvalue weighted by molar-refractivity contribution is 0.0829. The first kappa shape index (κ1) is 35.0. The smallest absolute Gasteiger partial charge is 0.0568 e. The van der Waals surface area contributed by atoms with E-state index in [4.69, 9.17) is 0 Å². The van der Waals surface area contributed by atoms with E-state index < -0.39 is 0 Å². The van der Waals surface area contributed by atoms with Crippen LogP contribution in [0.5, 0.6) is 0 Å². The molecule has 0 aliphatic rings. The van der Waals surface area contributed by atoms with Gasteiger partial charge in [-0.2, -0.15) is 0 Å². The Kier molecular flexibility index (Phi) is 30.2. The third-order valence-corrected chi connectivity index (χ3v) is 8.25. The minimum atomic E-state index is -0.0431. The summed E-state index contributed by atoms with van der Waals surface area (Å²) in [4.78, 5) is 0. The van der Waals surface area contributed by atoms with Crippen molar-refractivity contribution in [3.63, 3.8) is 0 Å². The van der Waals surface area contributed by atoms with Crippen LogP contribution in [0.4, 0.5) is 0 Å². The van der Waals surface area contributed by atoms with Crippen molar-refractivity contribution in [2.75, 3.05) is 0 Å². The van der Waals surface area contributed by atoms with Crippen molar-refractivity contribution in [1.29, 1.82) is 0 Å². The molecule has 0 aliphatic carbocycles. The molecule has 0 spiro atoms. The molecule has 0 aliphatic heterocycles. The second kappa shape index (κ2) is 30.2. The van der Waals surface area contributed by atoms with Crippen LogP contribution in [0.2, 0.25) is 0 Å². The summed E-state index contributed by atoms with van der Waals surface area (Å²) in [5.41, 5.74) is 0. The van der Waals surface area contributed by atoms with Crippen LogP contribution in [0.25, 0.3) is 0 Å². The molecule has 1 nitrogen and oxygen atoms in total. The van der Waals surface area contributed by atoms with Gasteiger partial charge in [0, 0.05) is 0 Å². The molecule has 2 unspecified atom stereocenters. The van der Waals surface area contributed by atoms with Crippen LogP contribution < -0.4 is 0 Å². The van der Waals surface area contributed by atoms with Crippen molar-refractivity contribution < 1.29 is 5.11 Å². The molecule has 0 aromatic carbocycles. The zero-order valence-electron chi connectivity index (χ0n) is 25.1. The molecule has 1 N–H and O–H groups in total. The Morgan fingerprint density at radius 3 is 0.829 bits per heavy atom. The maximum Gasteiger partial charge on any atom is 0.0568 e. The third kappa shape index (κ3) is 26.8. The van der Waals surface area contributed by atoms with Crippen molar-refractivity contribution in [3.05, 3.63) is 0 Å². The van der Waals surface area contributed by atoms with Gasteiger partial charge in [-0.1, -0.05) is 188 Å². The lowest BCUT2D eigenvalue weighted by Gasteiger charge is -2.23. The van der Waals surface area contributed by atoms with Crippen molar-refractivity contribution in [2.24, 2.45) is 5.92 Å². The summed E-state index contributed by atoms with van der Waals surface area (Å²) < 4.78 is 0. The highest BCUT2D eigenvalue weighted by Gasteiger charge is 2.18. The number of rotatable bonds is 30. The normalized spacial score (nSPS) is 13.4. The summed E-state index contributed by atoms with van der Waals surface area (Å²) in [5.74, 6) is 0.564. The lowest BCUT2D eigenvalue weighted by atomic mass is 9.87. The number of hydrogen-bond acceptors (Lipinski definition) is 1. The van der Waals surface area contributed by atoms with Crippen molar-refractivity contribution in [1.82, 2.24) is 0 Å². The van der Waals surface area contributed by atoms with Gasteiger partial charge < -0.3 is 5.11 Å². The van der Waals surface area contributed by atoms with Crippen LogP contribution >= 0.6 is 0 Å². The predicted molar refractivity (Wildman–Crippen MR) is 160 cm³/mol. The van der Waals surface area contributed by atoms with E-state index in [1.165, 1.54) is 180 Å². The molecule has 0 heterocycles. The molecule has 1 heteroatoms. The van der Waals surface area contributed by atoms with Crippen LogP contribution in [0.3, 0.4) is 0 Å². The first-order valence-corrected chi connectivity index (χ1v) is 16.9. The summed E-state index contributed by atoms with van der Waals surface area (Å²) in [5, 5.41) is 11.0. The summed E-state index contributed by atoms with van der Waals surface area (Å²) in [7, 11) is 0. The summed E-state index contributed by atoms with van der Waals surface area (Å²) in [6.07, 6.45) is 39.7. The minimum absolute atomic E-state index is 0.0431. The monoisotopic (exact) mass is 495 g/mol. The summed E-state index contributed by atoms with van der Waals surface area (Å²) >= 11 is 0. The van der Waals surface area contributed by atoms with Crippen molar-refractivity contribution >= 4 is 0 Å². The SMILES string of the molecule is CCCCCCCCCCCCCCC(CCCCCCC)C(O)CCCCCCCCCCC. The minimum Gasteiger partial charge on any atom is -0.393 e. The van der Waals surface area contributed by atoms with Crippen molar-refractivity contribution in [3.8, 4) is 0 Å². The Labute approximate surface area is 224 Å². The molecule has 0 saturated heterocycles. The van der Waals surface area contributed by atoms with Crippen LogP contribution in [0, 0.1) is 5.92 Å². The topological polar surface area (TPSA) is 20.2 Å². The van der Waals surface area contributed by atoms with Gasteiger partial charge >= 0.3 is 0 Å². The van der Waals surface area contributed by atoms with Crippen LogP contribution in [0.15, 0.2) is 0 Å². The highest BCUT2D eigenvalue weighted by Crippen LogP contribution is 2.25. The van der Waals surface area contributed by atoms with E-state index in [9.17, 15) is 5.11 Å². The number of aliphatic hydroxyl groups is 1. The molecular formula is C34H70O. The zero-order valence-corrected chi connectivity index (χ0v) is 25.1. The highest BCUT2D eigenvalue weighted by atomic mass is 16.3. The molecule has 35 heavy (non-hydrogen) atoms. The molecular weight excluding hydrogens is 424 g/mol. The van der Waals surface area contributed by atoms with Crippen LogP contribution in [-0.2, 0) is 0 Å². The van der Waals surface area contributed by atoms with Crippen molar-refractivity contribution in [2.45, 2.75) is 213 Å². The maximum atomic E-state index is 11.0. The molecule has 212 valence electrons. The van der Waals surface area contributed by atoms with Gasteiger partial charge in [0.05, 0.1) is 6.10 Å². The summed E-state index contributed by atoms with van der Waals surface area (Å²) in [6, 6.07) is 0. The third-order valence-electron chi connectivity index (χ3n) is 8.25. The fourth-order valence-electron chi connectivity index (χ4n) is 5.69. The van der Waals surface area contributed by atoms with Gasteiger partial charge in [0.15, 0.2) is 0 Å². The predicted octanol–water partition coefficient (Wildman–Crippen LogP) is 12.3. The Morgan fingerprint density at radius 1 is 0.314 bits per heavy atom. The molecule has 0 amide bonds. The van der Waals surface area contributed by atoms with E-state index >= 15 is 0 Å². The van der Waals surface area contributed by atoms with Gasteiger partial charge in [-0.05, 0) is 25.2 Å². The van der Waals surface area contributed by atoms with E-state index in [0.717, 1.165) is 6.42 Å². The van der Waals surface area contributed by atoms with Crippen LogP contribution in [-0.4, -0.2) is 11.2 Å². The van der Waals surface area contributed by atoms with E-state index in [2.05, 4.69) is 20.8 Å². The summed E-state index contributed by atoms with van der Waals surface area (Å²) in [6.45, 7) is 6.89. The first-order chi connectivity index (χ1) is 17.3. The average molecular weight is 495 g/mol. The van der Waals surface area contributed by atoms with Gasteiger partial charge in [0.2, 0.25) is 0 Å². The van der Waals surface area contributed by atoms with Gasteiger partial charge in [0.25, 0.3) is 0 Å².